The van der Waals surface area contributed by atoms with Gasteiger partial charge in [-0.05, 0) is 30.3 Å². The summed E-state index contributed by atoms with van der Waals surface area (Å²) in [5.41, 5.74) is 1.08. The van der Waals surface area contributed by atoms with Crippen molar-refractivity contribution in [3.8, 4) is 17.1 Å². The Hall–Kier alpha value is -2.69. The second-order valence-electron chi connectivity index (χ2n) is 4.46. The number of phenols is 1. The maximum Gasteiger partial charge on any atom is 0.205 e. The van der Waals surface area contributed by atoms with Crippen LogP contribution in [0.1, 0.15) is 10.5 Å². The molecule has 102 valence electrons. The van der Waals surface area contributed by atoms with Crippen LogP contribution in [-0.4, -0.2) is 39.9 Å². The molecule has 5 nitrogen and oxygen atoms in total. The van der Waals surface area contributed by atoms with Crippen LogP contribution >= 0.6 is 0 Å². The minimum absolute atomic E-state index is 0.176. The van der Waals surface area contributed by atoms with Crippen molar-refractivity contribution in [1.82, 2.24) is 14.9 Å². The lowest BCUT2D eigenvalue weighted by molar-refractivity contribution is 0.104. The summed E-state index contributed by atoms with van der Waals surface area (Å²) in [6.45, 7) is 0. The monoisotopic (exact) mass is 269 g/mol. The molecule has 0 fully saturated rings. The van der Waals surface area contributed by atoms with E-state index in [1.165, 1.54) is 6.08 Å². The van der Waals surface area contributed by atoms with Crippen LogP contribution in [0.2, 0.25) is 0 Å². The summed E-state index contributed by atoms with van der Waals surface area (Å²) in [5.74, 6) is 0.449. The summed E-state index contributed by atoms with van der Waals surface area (Å²) in [5, 5.41) is 9.26. The van der Waals surface area contributed by atoms with E-state index in [2.05, 4.69) is 9.97 Å². The Morgan fingerprint density at radius 3 is 2.55 bits per heavy atom. The lowest BCUT2D eigenvalue weighted by Gasteiger charge is -2.04. The van der Waals surface area contributed by atoms with Gasteiger partial charge >= 0.3 is 0 Å². The van der Waals surface area contributed by atoms with Gasteiger partial charge in [-0.1, -0.05) is 0 Å². The van der Waals surface area contributed by atoms with Crippen molar-refractivity contribution in [2.75, 3.05) is 14.1 Å². The molecule has 0 bridgehead atoms. The number of allylic oxidation sites excluding steroid dienone is 1. The predicted octanol–water partition coefficient (Wildman–Crippen LogP) is 2.11. The molecule has 0 spiro atoms. The number of nitrogens with zero attached hydrogens (tertiary/aromatic N) is 3. The number of carbonyl (C=O) groups excluding carboxylic acids is 1. The summed E-state index contributed by atoms with van der Waals surface area (Å²) in [6, 6.07) is 8.09. The predicted molar refractivity (Wildman–Crippen MR) is 76.3 cm³/mol. The van der Waals surface area contributed by atoms with Crippen LogP contribution < -0.4 is 0 Å². The first-order valence-corrected chi connectivity index (χ1v) is 6.07. The van der Waals surface area contributed by atoms with E-state index in [9.17, 15) is 9.90 Å². The first-order valence-electron chi connectivity index (χ1n) is 6.07. The van der Waals surface area contributed by atoms with Crippen molar-refractivity contribution in [3.05, 3.63) is 54.5 Å². The topological polar surface area (TPSA) is 66.3 Å². The van der Waals surface area contributed by atoms with Crippen molar-refractivity contribution in [2.45, 2.75) is 0 Å². The van der Waals surface area contributed by atoms with E-state index >= 15 is 0 Å². The molecule has 0 atom stereocenters. The van der Waals surface area contributed by atoms with Crippen LogP contribution in [0.3, 0.4) is 0 Å². The molecule has 5 heteroatoms. The summed E-state index contributed by atoms with van der Waals surface area (Å²) < 4.78 is 0. The van der Waals surface area contributed by atoms with Gasteiger partial charge in [-0.15, -0.1) is 0 Å². The van der Waals surface area contributed by atoms with Crippen molar-refractivity contribution in [2.24, 2.45) is 0 Å². The Morgan fingerprint density at radius 2 is 1.90 bits per heavy atom. The third kappa shape index (κ3) is 3.41. The molecular formula is C15H15N3O2. The third-order valence-corrected chi connectivity index (χ3v) is 2.56. The smallest absolute Gasteiger partial charge is 0.205 e. The van der Waals surface area contributed by atoms with Gasteiger partial charge in [0.15, 0.2) is 5.82 Å². The third-order valence-electron chi connectivity index (χ3n) is 2.56. The maximum absolute atomic E-state index is 11.9. The first kappa shape index (κ1) is 13.7. The van der Waals surface area contributed by atoms with Crippen molar-refractivity contribution >= 4 is 5.78 Å². The lowest BCUT2D eigenvalue weighted by Crippen LogP contribution is -2.05. The zero-order valence-electron chi connectivity index (χ0n) is 11.3. The normalized spacial score (nSPS) is 10.7. The van der Waals surface area contributed by atoms with Gasteiger partial charge < -0.3 is 10.0 Å². The fraction of sp³-hybridized carbons (Fsp3) is 0.133. The molecule has 2 rings (SSSR count). The Bertz CT molecular complexity index is 634. The highest BCUT2D eigenvalue weighted by Gasteiger charge is 2.07. The zero-order valence-corrected chi connectivity index (χ0v) is 11.3. The highest BCUT2D eigenvalue weighted by atomic mass is 16.3. The van der Waals surface area contributed by atoms with Gasteiger partial charge in [0.2, 0.25) is 5.78 Å². The lowest BCUT2D eigenvalue weighted by atomic mass is 10.2. The Morgan fingerprint density at radius 1 is 1.20 bits per heavy atom. The summed E-state index contributed by atoms with van der Waals surface area (Å²) in [7, 11) is 3.68. The van der Waals surface area contributed by atoms with E-state index in [1.807, 2.05) is 14.1 Å². The molecule has 0 amide bonds. The van der Waals surface area contributed by atoms with Crippen molar-refractivity contribution in [1.29, 1.82) is 0 Å². The van der Waals surface area contributed by atoms with E-state index < -0.39 is 0 Å². The Balaban J connectivity index is 2.28. The van der Waals surface area contributed by atoms with Gasteiger partial charge in [0.05, 0.1) is 0 Å². The number of hydrogen-bond acceptors (Lipinski definition) is 5. The van der Waals surface area contributed by atoms with Crippen molar-refractivity contribution < 1.29 is 9.90 Å². The number of benzene rings is 1. The standard InChI is InChI=1S/C15H15N3O2/c1-18(2)10-8-14(20)13-7-9-16-15(17-13)11-3-5-12(19)6-4-11/h3-10,19H,1-2H3/b10-8+. The molecule has 0 unspecified atom stereocenters. The highest BCUT2D eigenvalue weighted by molar-refractivity contribution is 6.03. The second kappa shape index (κ2) is 5.97. The average molecular weight is 269 g/mol. The highest BCUT2D eigenvalue weighted by Crippen LogP contribution is 2.18. The number of hydrogen-bond donors (Lipinski definition) is 1. The molecule has 0 saturated carbocycles. The van der Waals surface area contributed by atoms with Gasteiger partial charge in [0.25, 0.3) is 0 Å². The number of aromatic nitrogens is 2. The molecule has 0 aliphatic carbocycles. The number of rotatable bonds is 4. The molecule has 1 heterocycles. The first-order chi connectivity index (χ1) is 9.56. The van der Waals surface area contributed by atoms with Crippen LogP contribution in [0, 0.1) is 0 Å². The molecule has 0 aliphatic rings. The van der Waals surface area contributed by atoms with E-state index in [0.717, 1.165) is 5.56 Å². The number of phenolic OH excluding ortho intramolecular Hbond substituents is 1. The van der Waals surface area contributed by atoms with E-state index in [1.54, 1.807) is 47.6 Å². The number of carbonyl (C=O) groups is 1. The molecule has 20 heavy (non-hydrogen) atoms. The number of ketones is 1. The quantitative estimate of drug-likeness (QED) is 0.680. The molecule has 0 radical (unpaired) electrons. The molecule has 1 aromatic heterocycles. The summed E-state index contributed by atoms with van der Waals surface area (Å²) in [4.78, 5) is 22.1. The Labute approximate surface area is 117 Å². The summed E-state index contributed by atoms with van der Waals surface area (Å²) >= 11 is 0. The van der Waals surface area contributed by atoms with E-state index in [-0.39, 0.29) is 11.5 Å². The summed E-state index contributed by atoms with van der Waals surface area (Å²) in [6.07, 6.45) is 4.68. The molecule has 2 aromatic rings. The van der Waals surface area contributed by atoms with Crippen molar-refractivity contribution in [3.63, 3.8) is 0 Å². The van der Waals surface area contributed by atoms with Crippen LogP contribution in [0.25, 0.3) is 11.4 Å². The van der Waals surface area contributed by atoms with Gasteiger partial charge in [0.1, 0.15) is 11.4 Å². The molecule has 1 aromatic carbocycles. The Kier molecular flexibility index (Phi) is 4.10. The second-order valence-corrected chi connectivity index (χ2v) is 4.46. The van der Waals surface area contributed by atoms with Crippen LogP contribution in [0.4, 0.5) is 0 Å². The fourth-order valence-corrected chi connectivity index (χ4v) is 1.55. The fourth-order valence-electron chi connectivity index (χ4n) is 1.55. The van der Waals surface area contributed by atoms with Gasteiger partial charge in [0, 0.05) is 38.1 Å². The minimum atomic E-state index is -0.180. The molecule has 1 N–H and O–H groups in total. The zero-order chi connectivity index (χ0) is 14.5. The van der Waals surface area contributed by atoms with Gasteiger partial charge in [-0.25, -0.2) is 9.97 Å². The molecule has 0 aliphatic heterocycles. The van der Waals surface area contributed by atoms with Gasteiger partial charge in [-0.3, -0.25) is 4.79 Å². The van der Waals surface area contributed by atoms with Crippen LogP contribution in [-0.2, 0) is 0 Å². The van der Waals surface area contributed by atoms with E-state index in [0.29, 0.717) is 11.5 Å². The van der Waals surface area contributed by atoms with Gasteiger partial charge in [-0.2, -0.15) is 0 Å². The average Bonchev–Trinajstić information content (AvgIpc) is 2.45. The maximum atomic E-state index is 11.9. The van der Waals surface area contributed by atoms with E-state index in [4.69, 9.17) is 0 Å². The van der Waals surface area contributed by atoms with Crippen LogP contribution in [0.15, 0.2) is 48.8 Å². The van der Waals surface area contributed by atoms with Crippen LogP contribution in [0.5, 0.6) is 5.75 Å². The number of aromatic hydroxyl groups is 1. The molecular weight excluding hydrogens is 254 g/mol. The molecule has 0 saturated heterocycles. The largest absolute Gasteiger partial charge is 0.508 e. The SMILES string of the molecule is CN(C)/C=C/C(=O)c1ccnc(-c2ccc(O)cc2)n1. The minimum Gasteiger partial charge on any atom is -0.508 e.